The first kappa shape index (κ1) is 8.94. The molecular formula is C10H14O3. The molecule has 2 N–H and O–H groups in total. The maximum atomic E-state index is 9.21. The van der Waals surface area contributed by atoms with Crippen LogP contribution in [0, 0.1) is 0 Å². The van der Waals surface area contributed by atoms with E-state index in [0.717, 1.165) is 5.57 Å². The molecule has 0 aromatic heterocycles. The lowest BCUT2D eigenvalue weighted by Crippen LogP contribution is -2.44. The molecule has 2 aliphatic rings. The topological polar surface area (TPSA) is 49.7 Å². The van der Waals surface area contributed by atoms with Gasteiger partial charge in [0.2, 0.25) is 0 Å². The molecule has 2 aliphatic heterocycles. The summed E-state index contributed by atoms with van der Waals surface area (Å²) in [5.74, 6) is 0. The third-order valence-corrected chi connectivity index (χ3v) is 2.65. The number of hydrogen-bond donors (Lipinski definition) is 2. The van der Waals surface area contributed by atoms with Gasteiger partial charge in [0.25, 0.3) is 0 Å². The molecule has 3 heteroatoms. The van der Waals surface area contributed by atoms with Crippen LogP contribution in [0.2, 0.25) is 0 Å². The molecule has 2 heterocycles. The van der Waals surface area contributed by atoms with Crippen molar-refractivity contribution in [2.45, 2.75) is 24.5 Å². The van der Waals surface area contributed by atoms with Gasteiger partial charge in [0.1, 0.15) is 11.2 Å². The fraction of sp³-hybridized carbons (Fsp3) is 0.600. The molecule has 2 atom stereocenters. The average Bonchev–Trinajstić information content (AvgIpc) is 2.41. The smallest absolute Gasteiger partial charge is 0.129 e. The van der Waals surface area contributed by atoms with Crippen LogP contribution >= 0.6 is 0 Å². The van der Waals surface area contributed by atoms with Gasteiger partial charge in [-0.1, -0.05) is 11.6 Å². The highest BCUT2D eigenvalue weighted by Gasteiger charge is 2.46. The quantitative estimate of drug-likeness (QED) is 0.607. The van der Waals surface area contributed by atoms with E-state index in [-0.39, 0.29) is 13.2 Å². The van der Waals surface area contributed by atoms with Crippen molar-refractivity contribution in [3.8, 4) is 0 Å². The molecule has 0 aromatic carbocycles. The van der Waals surface area contributed by atoms with E-state index in [4.69, 9.17) is 4.74 Å². The van der Waals surface area contributed by atoms with Crippen LogP contribution in [0.25, 0.3) is 0 Å². The summed E-state index contributed by atoms with van der Waals surface area (Å²) in [5.41, 5.74) is -0.105. The number of hydrogen-bond acceptors (Lipinski definition) is 3. The van der Waals surface area contributed by atoms with Gasteiger partial charge in [0, 0.05) is 6.42 Å². The lowest BCUT2D eigenvalue weighted by atomic mass is 9.93. The van der Waals surface area contributed by atoms with E-state index in [1.54, 1.807) is 0 Å². The second-order valence-corrected chi connectivity index (χ2v) is 3.94. The summed E-state index contributed by atoms with van der Waals surface area (Å²) < 4.78 is 5.65. The molecule has 0 unspecified atom stereocenters. The number of fused-ring (bicyclic) bond motifs is 2. The second-order valence-electron chi connectivity index (χ2n) is 3.94. The predicted molar refractivity (Wildman–Crippen MR) is 48.2 cm³/mol. The van der Waals surface area contributed by atoms with Crippen molar-refractivity contribution in [2.75, 3.05) is 13.2 Å². The Labute approximate surface area is 77.3 Å². The first-order valence-corrected chi connectivity index (χ1v) is 4.44. The van der Waals surface area contributed by atoms with Crippen molar-refractivity contribution in [3.05, 3.63) is 23.8 Å². The van der Waals surface area contributed by atoms with Gasteiger partial charge in [0.05, 0.1) is 13.2 Å². The Morgan fingerprint density at radius 1 is 1.38 bits per heavy atom. The van der Waals surface area contributed by atoms with Crippen LogP contribution in [-0.2, 0) is 4.74 Å². The van der Waals surface area contributed by atoms with Crippen molar-refractivity contribution in [3.63, 3.8) is 0 Å². The van der Waals surface area contributed by atoms with Crippen LogP contribution in [0.15, 0.2) is 23.8 Å². The zero-order valence-electron chi connectivity index (χ0n) is 7.66. The zero-order chi connectivity index (χ0) is 9.53. The zero-order valence-corrected chi connectivity index (χ0v) is 7.66. The fourth-order valence-electron chi connectivity index (χ4n) is 2.12. The molecule has 0 aliphatic carbocycles. The molecule has 0 amide bonds. The van der Waals surface area contributed by atoms with Crippen molar-refractivity contribution >= 4 is 0 Å². The fourth-order valence-corrected chi connectivity index (χ4v) is 2.12. The SMILES string of the molecule is CC1=C[C@@]2(CO)C=C[C@@](CO)(C1)O2. The number of aliphatic hydroxyl groups excluding tert-OH is 2. The van der Waals surface area contributed by atoms with Crippen LogP contribution in [0.5, 0.6) is 0 Å². The molecule has 2 rings (SSSR count). The minimum atomic E-state index is -0.676. The van der Waals surface area contributed by atoms with Crippen molar-refractivity contribution in [1.29, 1.82) is 0 Å². The summed E-state index contributed by atoms with van der Waals surface area (Å²) in [7, 11) is 0. The van der Waals surface area contributed by atoms with Crippen molar-refractivity contribution in [2.24, 2.45) is 0 Å². The van der Waals surface area contributed by atoms with Gasteiger partial charge in [-0.3, -0.25) is 0 Å². The Balaban J connectivity index is 2.37. The van der Waals surface area contributed by atoms with Gasteiger partial charge in [0.15, 0.2) is 0 Å². The standard InChI is InChI=1S/C10H14O3/c1-8-4-9(6-11)2-3-10(5-8,7-12)13-9/h2-4,11-12H,5-7H2,1H3/t9-,10+/m1/s1. The Morgan fingerprint density at radius 2 is 2.15 bits per heavy atom. The monoisotopic (exact) mass is 182 g/mol. The first-order valence-electron chi connectivity index (χ1n) is 4.44. The molecule has 0 saturated heterocycles. The van der Waals surface area contributed by atoms with E-state index in [1.165, 1.54) is 0 Å². The lowest BCUT2D eigenvalue weighted by Gasteiger charge is -2.36. The Bertz CT molecular complexity index is 282. The van der Waals surface area contributed by atoms with Crippen molar-refractivity contribution in [1.82, 2.24) is 0 Å². The van der Waals surface area contributed by atoms with Gasteiger partial charge < -0.3 is 14.9 Å². The molecule has 0 aromatic rings. The highest BCUT2D eigenvalue weighted by molar-refractivity contribution is 5.33. The van der Waals surface area contributed by atoms with Gasteiger partial charge in [-0.15, -0.1) is 0 Å². The molecule has 0 spiro atoms. The van der Waals surface area contributed by atoms with Crippen molar-refractivity contribution < 1.29 is 14.9 Å². The van der Waals surface area contributed by atoms with E-state index in [2.05, 4.69) is 0 Å². The minimum Gasteiger partial charge on any atom is -0.393 e. The van der Waals surface area contributed by atoms with Gasteiger partial charge in [-0.2, -0.15) is 0 Å². The number of rotatable bonds is 2. The maximum Gasteiger partial charge on any atom is 0.129 e. The molecule has 0 radical (unpaired) electrons. The van der Waals surface area contributed by atoms with Gasteiger partial charge in [-0.05, 0) is 19.1 Å². The molecule has 2 bridgehead atoms. The maximum absolute atomic E-state index is 9.21. The van der Waals surface area contributed by atoms with Gasteiger partial charge >= 0.3 is 0 Å². The first-order chi connectivity index (χ1) is 6.14. The highest BCUT2D eigenvalue weighted by atomic mass is 16.5. The van der Waals surface area contributed by atoms with Crippen LogP contribution in [0.4, 0.5) is 0 Å². The van der Waals surface area contributed by atoms with Gasteiger partial charge in [-0.25, -0.2) is 0 Å². The summed E-state index contributed by atoms with van der Waals surface area (Å²) >= 11 is 0. The van der Waals surface area contributed by atoms with Crippen LogP contribution in [0.1, 0.15) is 13.3 Å². The highest BCUT2D eigenvalue weighted by Crippen LogP contribution is 2.41. The van der Waals surface area contributed by atoms with E-state index >= 15 is 0 Å². The Kier molecular flexibility index (Phi) is 1.84. The van der Waals surface area contributed by atoms with E-state index in [1.807, 2.05) is 25.2 Å². The van der Waals surface area contributed by atoms with E-state index in [0.29, 0.717) is 6.42 Å². The summed E-state index contributed by atoms with van der Waals surface area (Å²) in [6.07, 6.45) is 6.32. The average molecular weight is 182 g/mol. The summed E-state index contributed by atoms with van der Waals surface area (Å²) in [6.45, 7) is 1.89. The van der Waals surface area contributed by atoms with Crippen LogP contribution < -0.4 is 0 Å². The summed E-state index contributed by atoms with van der Waals surface area (Å²) in [5, 5.41) is 18.4. The minimum absolute atomic E-state index is 0.0313. The summed E-state index contributed by atoms with van der Waals surface area (Å²) in [4.78, 5) is 0. The molecule has 0 fully saturated rings. The third kappa shape index (κ3) is 1.24. The molecular weight excluding hydrogens is 168 g/mol. The molecule has 13 heavy (non-hydrogen) atoms. The third-order valence-electron chi connectivity index (χ3n) is 2.65. The largest absolute Gasteiger partial charge is 0.393 e. The van der Waals surface area contributed by atoms with Crippen LogP contribution in [-0.4, -0.2) is 34.6 Å². The Hall–Kier alpha value is -0.640. The Morgan fingerprint density at radius 3 is 2.77 bits per heavy atom. The molecule has 0 saturated carbocycles. The normalized spacial score (nSPS) is 42.2. The van der Waals surface area contributed by atoms with E-state index in [9.17, 15) is 10.2 Å². The number of ether oxygens (including phenoxy) is 1. The van der Waals surface area contributed by atoms with E-state index < -0.39 is 11.2 Å². The second kappa shape index (κ2) is 2.67. The summed E-state index contributed by atoms with van der Waals surface area (Å²) in [6, 6.07) is 0. The van der Waals surface area contributed by atoms with Crippen LogP contribution in [0.3, 0.4) is 0 Å². The predicted octanol–water partition coefficient (Wildman–Crippen LogP) is 0.385. The lowest BCUT2D eigenvalue weighted by molar-refractivity contribution is -0.114. The molecule has 72 valence electrons. The number of aliphatic hydroxyl groups is 2. The molecule has 3 nitrogen and oxygen atoms in total.